The van der Waals surface area contributed by atoms with Crippen molar-refractivity contribution in [1.29, 1.82) is 0 Å². The van der Waals surface area contributed by atoms with E-state index in [-0.39, 0.29) is 16.9 Å². The molecule has 0 heterocycles. The molecule has 0 unspecified atom stereocenters. The lowest BCUT2D eigenvalue weighted by atomic mass is 9.79. The average molecular weight is 256 g/mol. The number of carbonyl (C=O) groups is 1. The molecule has 0 bridgehead atoms. The first-order valence-electron chi connectivity index (χ1n) is 6.99. The highest BCUT2D eigenvalue weighted by molar-refractivity contribution is 5.83. The minimum atomic E-state index is -0.347. The first kappa shape index (κ1) is 15.4. The van der Waals surface area contributed by atoms with Gasteiger partial charge in [0.15, 0.2) is 0 Å². The van der Waals surface area contributed by atoms with Crippen molar-refractivity contribution < 1.29 is 9.53 Å². The summed E-state index contributed by atoms with van der Waals surface area (Å²) in [5, 5.41) is 3.02. The van der Waals surface area contributed by atoms with Gasteiger partial charge < -0.3 is 15.8 Å². The molecule has 1 saturated carbocycles. The van der Waals surface area contributed by atoms with Crippen molar-refractivity contribution in [2.45, 2.75) is 58.0 Å². The van der Waals surface area contributed by atoms with Crippen LogP contribution in [0.4, 0.5) is 0 Å². The predicted molar refractivity (Wildman–Crippen MR) is 73.3 cm³/mol. The normalized spacial score (nSPS) is 20.2. The maximum Gasteiger partial charge on any atom is 0.227 e. The summed E-state index contributed by atoms with van der Waals surface area (Å²) in [6.07, 6.45) is 6.50. The van der Waals surface area contributed by atoms with E-state index in [1.807, 2.05) is 13.8 Å². The van der Waals surface area contributed by atoms with Crippen LogP contribution in [0.25, 0.3) is 0 Å². The van der Waals surface area contributed by atoms with Gasteiger partial charge in [0.25, 0.3) is 0 Å². The molecule has 1 aliphatic rings. The molecular formula is C14H28N2O2. The van der Waals surface area contributed by atoms with Crippen LogP contribution in [0.5, 0.6) is 0 Å². The van der Waals surface area contributed by atoms with Crippen LogP contribution in [-0.4, -0.2) is 31.7 Å². The second-order valence-electron chi connectivity index (χ2n) is 6.05. The largest absolute Gasteiger partial charge is 0.377 e. The van der Waals surface area contributed by atoms with Gasteiger partial charge in [0, 0.05) is 20.2 Å². The highest BCUT2D eigenvalue weighted by atomic mass is 16.5. The minimum Gasteiger partial charge on any atom is -0.377 e. The molecule has 0 saturated heterocycles. The summed E-state index contributed by atoms with van der Waals surface area (Å²) in [4.78, 5) is 12.4. The Morgan fingerprint density at radius 2 is 1.83 bits per heavy atom. The molecule has 0 radical (unpaired) electrons. The van der Waals surface area contributed by atoms with Crippen molar-refractivity contribution in [1.82, 2.24) is 5.32 Å². The van der Waals surface area contributed by atoms with Gasteiger partial charge in [0.05, 0.1) is 11.0 Å². The first-order valence-corrected chi connectivity index (χ1v) is 6.99. The smallest absolute Gasteiger partial charge is 0.227 e. The SMILES string of the molecule is COC(C)(C)CNC(=O)C1(CN)CCCCCC1. The Bertz CT molecular complexity index is 269. The molecule has 1 rings (SSSR count). The third-order valence-electron chi connectivity index (χ3n) is 4.16. The van der Waals surface area contributed by atoms with Crippen LogP contribution < -0.4 is 11.1 Å². The number of carbonyl (C=O) groups excluding carboxylic acids is 1. The number of rotatable bonds is 5. The van der Waals surface area contributed by atoms with E-state index in [1.165, 1.54) is 12.8 Å². The molecule has 0 aromatic rings. The zero-order chi connectivity index (χ0) is 13.6. The molecule has 0 aromatic carbocycles. The molecule has 4 heteroatoms. The van der Waals surface area contributed by atoms with Crippen molar-refractivity contribution in [2.24, 2.45) is 11.1 Å². The molecule has 1 fully saturated rings. The Balaban J connectivity index is 2.61. The van der Waals surface area contributed by atoms with Crippen molar-refractivity contribution in [3.05, 3.63) is 0 Å². The third kappa shape index (κ3) is 3.95. The van der Waals surface area contributed by atoms with Crippen molar-refractivity contribution in [3.63, 3.8) is 0 Å². The summed E-state index contributed by atoms with van der Waals surface area (Å²) >= 11 is 0. The van der Waals surface area contributed by atoms with E-state index < -0.39 is 0 Å². The summed E-state index contributed by atoms with van der Waals surface area (Å²) in [7, 11) is 1.66. The Hall–Kier alpha value is -0.610. The van der Waals surface area contributed by atoms with E-state index in [4.69, 9.17) is 10.5 Å². The Labute approximate surface area is 111 Å². The standard InChI is InChI=1S/C14H28N2O2/c1-13(2,18-3)11-16-12(17)14(10-15)8-6-4-5-7-9-14/h4-11,15H2,1-3H3,(H,16,17). The Morgan fingerprint density at radius 3 is 2.28 bits per heavy atom. The molecule has 3 N–H and O–H groups in total. The van der Waals surface area contributed by atoms with Crippen LogP contribution in [0.2, 0.25) is 0 Å². The fourth-order valence-corrected chi connectivity index (χ4v) is 2.48. The van der Waals surface area contributed by atoms with Crippen LogP contribution in [0.15, 0.2) is 0 Å². The molecule has 1 amide bonds. The predicted octanol–water partition coefficient (Wildman–Crippen LogP) is 1.83. The van der Waals surface area contributed by atoms with Gasteiger partial charge in [0.1, 0.15) is 0 Å². The zero-order valence-corrected chi connectivity index (χ0v) is 12.1. The molecule has 18 heavy (non-hydrogen) atoms. The number of ether oxygens (including phenoxy) is 1. The van der Waals surface area contributed by atoms with Gasteiger partial charge in [-0.3, -0.25) is 4.79 Å². The fourth-order valence-electron chi connectivity index (χ4n) is 2.48. The lowest BCUT2D eigenvalue weighted by Crippen LogP contribution is -2.49. The van der Waals surface area contributed by atoms with E-state index in [9.17, 15) is 4.79 Å². The molecule has 106 valence electrons. The molecule has 0 atom stereocenters. The summed E-state index contributed by atoms with van der Waals surface area (Å²) < 4.78 is 5.32. The number of nitrogens with one attached hydrogen (secondary N) is 1. The summed E-state index contributed by atoms with van der Waals surface area (Å²) in [6, 6.07) is 0. The van der Waals surface area contributed by atoms with E-state index in [1.54, 1.807) is 7.11 Å². The second-order valence-corrected chi connectivity index (χ2v) is 6.05. The second kappa shape index (κ2) is 6.53. The van der Waals surface area contributed by atoms with E-state index in [0.717, 1.165) is 25.7 Å². The maximum atomic E-state index is 12.4. The Morgan fingerprint density at radius 1 is 1.28 bits per heavy atom. The highest BCUT2D eigenvalue weighted by Crippen LogP contribution is 2.34. The van der Waals surface area contributed by atoms with Gasteiger partial charge in [0.2, 0.25) is 5.91 Å². The number of hydrogen-bond donors (Lipinski definition) is 2. The highest BCUT2D eigenvalue weighted by Gasteiger charge is 2.37. The first-order chi connectivity index (χ1) is 8.46. The number of nitrogens with two attached hydrogens (primary N) is 1. The zero-order valence-electron chi connectivity index (χ0n) is 12.1. The van der Waals surface area contributed by atoms with Gasteiger partial charge in [-0.05, 0) is 26.7 Å². The van der Waals surface area contributed by atoms with E-state index in [0.29, 0.717) is 13.1 Å². The summed E-state index contributed by atoms with van der Waals surface area (Å²) in [6.45, 7) is 4.92. The molecular weight excluding hydrogens is 228 g/mol. The van der Waals surface area contributed by atoms with Crippen molar-refractivity contribution in [3.8, 4) is 0 Å². The van der Waals surface area contributed by atoms with Gasteiger partial charge in [-0.2, -0.15) is 0 Å². The van der Waals surface area contributed by atoms with Gasteiger partial charge in [-0.25, -0.2) is 0 Å². The van der Waals surface area contributed by atoms with Gasteiger partial charge in [-0.15, -0.1) is 0 Å². The lowest BCUT2D eigenvalue weighted by molar-refractivity contribution is -0.132. The number of hydrogen-bond acceptors (Lipinski definition) is 3. The van der Waals surface area contributed by atoms with E-state index in [2.05, 4.69) is 5.32 Å². The summed E-state index contributed by atoms with van der Waals surface area (Å²) in [5.74, 6) is 0.108. The fraction of sp³-hybridized carbons (Fsp3) is 0.929. The van der Waals surface area contributed by atoms with Gasteiger partial charge in [-0.1, -0.05) is 25.7 Å². The van der Waals surface area contributed by atoms with Gasteiger partial charge >= 0.3 is 0 Å². The lowest BCUT2D eigenvalue weighted by Gasteiger charge is -2.32. The van der Waals surface area contributed by atoms with Crippen LogP contribution in [-0.2, 0) is 9.53 Å². The monoisotopic (exact) mass is 256 g/mol. The van der Waals surface area contributed by atoms with Crippen LogP contribution in [0.3, 0.4) is 0 Å². The molecule has 4 nitrogen and oxygen atoms in total. The third-order valence-corrected chi connectivity index (χ3v) is 4.16. The quantitative estimate of drug-likeness (QED) is 0.738. The number of amides is 1. The Kier molecular flexibility index (Phi) is 5.60. The molecule has 0 spiro atoms. The van der Waals surface area contributed by atoms with Crippen LogP contribution >= 0.6 is 0 Å². The topological polar surface area (TPSA) is 64.3 Å². The van der Waals surface area contributed by atoms with Crippen molar-refractivity contribution in [2.75, 3.05) is 20.2 Å². The summed E-state index contributed by atoms with van der Waals surface area (Å²) in [5.41, 5.74) is 5.22. The van der Waals surface area contributed by atoms with Crippen molar-refractivity contribution >= 4 is 5.91 Å². The molecule has 0 aliphatic heterocycles. The molecule has 0 aromatic heterocycles. The molecule has 1 aliphatic carbocycles. The number of methoxy groups -OCH3 is 1. The minimum absolute atomic E-state index is 0.108. The van der Waals surface area contributed by atoms with E-state index >= 15 is 0 Å². The van der Waals surface area contributed by atoms with Crippen LogP contribution in [0.1, 0.15) is 52.4 Å². The average Bonchev–Trinajstić information content (AvgIpc) is 2.62. The van der Waals surface area contributed by atoms with Crippen LogP contribution in [0, 0.1) is 5.41 Å². The maximum absolute atomic E-state index is 12.4.